The number of Topliss-reactive ketones (excluding diaryl/α,β-unsaturated/α-hetero) is 1. The first kappa shape index (κ1) is 24.0. The summed E-state index contributed by atoms with van der Waals surface area (Å²) in [6, 6.07) is 13.5. The third-order valence-corrected chi connectivity index (χ3v) is 5.63. The maximum atomic E-state index is 13.3. The molecule has 1 aliphatic rings. The van der Waals surface area contributed by atoms with Crippen LogP contribution >= 0.6 is 0 Å². The SMILES string of the molecule is CCN(CC)C(=O)c1ccc(CN2C(=O)COc3ccc(C(=O)COc4cccc(F)c4)cc32)o1. The summed E-state index contributed by atoms with van der Waals surface area (Å²) in [5.41, 5.74) is 0.714. The summed E-state index contributed by atoms with van der Waals surface area (Å²) < 4.78 is 30.0. The standard InChI is InChI=1S/C26H25FN2O6/c1-3-28(4-2)26(32)24-11-9-20(35-24)14-29-21-12-17(8-10-23(21)34-16-25(29)31)22(30)15-33-19-7-5-6-18(27)13-19/h5-13H,3-4,14-16H2,1-2H3. The number of fused-ring (bicyclic) bond motifs is 1. The number of carbonyl (C=O) groups excluding carboxylic acids is 3. The van der Waals surface area contributed by atoms with Crippen LogP contribution in [0.1, 0.15) is 40.5 Å². The minimum absolute atomic E-state index is 0.0676. The molecule has 2 aromatic carbocycles. The second-order valence-electron chi connectivity index (χ2n) is 7.86. The van der Waals surface area contributed by atoms with Crippen molar-refractivity contribution in [1.29, 1.82) is 0 Å². The maximum Gasteiger partial charge on any atom is 0.289 e. The zero-order chi connectivity index (χ0) is 24.9. The number of hydrogen-bond donors (Lipinski definition) is 0. The molecule has 3 aromatic rings. The fourth-order valence-corrected chi connectivity index (χ4v) is 3.74. The highest BCUT2D eigenvalue weighted by Gasteiger charge is 2.28. The normalized spacial score (nSPS) is 12.7. The van der Waals surface area contributed by atoms with Gasteiger partial charge in [0.1, 0.15) is 23.1 Å². The summed E-state index contributed by atoms with van der Waals surface area (Å²) in [6.07, 6.45) is 0. The number of anilines is 1. The van der Waals surface area contributed by atoms with Gasteiger partial charge in [-0.05, 0) is 56.3 Å². The molecule has 1 aliphatic heterocycles. The van der Waals surface area contributed by atoms with Crippen LogP contribution in [0.5, 0.6) is 11.5 Å². The molecule has 0 saturated heterocycles. The zero-order valence-electron chi connectivity index (χ0n) is 19.5. The summed E-state index contributed by atoms with van der Waals surface area (Å²) in [4.78, 5) is 41.0. The lowest BCUT2D eigenvalue weighted by Crippen LogP contribution is -2.38. The molecule has 0 saturated carbocycles. The van der Waals surface area contributed by atoms with E-state index < -0.39 is 5.82 Å². The van der Waals surface area contributed by atoms with Gasteiger partial charge in [0.15, 0.2) is 24.8 Å². The molecule has 9 heteroatoms. The van der Waals surface area contributed by atoms with Crippen LogP contribution in [0.15, 0.2) is 59.0 Å². The van der Waals surface area contributed by atoms with E-state index in [0.717, 1.165) is 0 Å². The number of ketones is 1. The number of carbonyl (C=O) groups is 3. The van der Waals surface area contributed by atoms with Crippen LogP contribution in [-0.4, -0.2) is 48.8 Å². The molecule has 0 aliphatic carbocycles. The molecule has 0 spiro atoms. The highest BCUT2D eigenvalue weighted by Crippen LogP contribution is 2.34. The Balaban J connectivity index is 1.51. The number of rotatable bonds is 9. The smallest absolute Gasteiger partial charge is 0.289 e. The van der Waals surface area contributed by atoms with Crippen LogP contribution in [0, 0.1) is 5.82 Å². The minimum Gasteiger partial charge on any atom is -0.485 e. The third-order valence-electron chi connectivity index (χ3n) is 5.63. The van der Waals surface area contributed by atoms with E-state index in [9.17, 15) is 18.8 Å². The lowest BCUT2D eigenvalue weighted by atomic mass is 10.1. The van der Waals surface area contributed by atoms with Crippen LogP contribution in [-0.2, 0) is 11.3 Å². The predicted octanol–water partition coefficient (Wildman–Crippen LogP) is 4.09. The van der Waals surface area contributed by atoms with Crippen LogP contribution < -0.4 is 14.4 Å². The van der Waals surface area contributed by atoms with Gasteiger partial charge in [0.05, 0.1) is 12.2 Å². The molecule has 0 N–H and O–H groups in total. The fourth-order valence-electron chi connectivity index (χ4n) is 3.74. The van der Waals surface area contributed by atoms with E-state index in [-0.39, 0.29) is 48.9 Å². The van der Waals surface area contributed by atoms with Crippen molar-refractivity contribution in [1.82, 2.24) is 4.90 Å². The summed E-state index contributed by atoms with van der Waals surface area (Å²) in [5, 5.41) is 0. The maximum absolute atomic E-state index is 13.3. The molecule has 35 heavy (non-hydrogen) atoms. The average molecular weight is 480 g/mol. The third kappa shape index (κ3) is 5.34. The Morgan fingerprint density at radius 1 is 1.09 bits per heavy atom. The Labute approximate surface area is 201 Å². The molecular weight excluding hydrogens is 455 g/mol. The number of halogens is 1. The van der Waals surface area contributed by atoms with Crippen LogP contribution in [0.25, 0.3) is 0 Å². The van der Waals surface area contributed by atoms with Gasteiger partial charge < -0.3 is 18.8 Å². The Bertz CT molecular complexity index is 1250. The van der Waals surface area contributed by atoms with Gasteiger partial charge in [0, 0.05) is 24.7 Å². The van der Waals surface area contributed by atoms with Crippen molar-refractivity contribution in [3.05, 3.63) is 77.5 Å². The van der Waals surface area contributed by atoms with Gasteiger partial charge in [0.25, 0.3) is 11.8 Å². The number of ether oxygens (including phenoxy) is 2. The molecule has 2 heterocycles. The molecule has 1 aromatic heterocycles. The first-order valence-electron chi connectivity index (χ1n) is 11.3. The number of benzene rings is 2. The number of nitrogens with zero attached hydrogens (tertiary/aromatic N) is 2. The van der Waals surface area contributed by atoms with Crippen molar-refractivity contribution in [2.75, 3.05) is 31.2 Å². The van der Waals surface area contributed by atoms with Crippen LogP contribution in [0.4, 0.5) is 10.1 Å². The average Bonchev–Trinajstić information content (AvgIpc) is 3.33. The Hall–Kier alpha value is -4.14. The first-order chi connectivity index (χ1) is 16.9. The largest absolute Gasteiger partial charge is 0.485 e. The molecule has 0 radical (unpaired) electrons. The molecular formula is C26H25FN2O6. The summed E-state index contributed by atoms with van der Waals surface area (Å²) in [6.45, 7) is 4.49. The monoisotopic (exact) mass is 480 g/mol. The lowest BCUT2D eigenvalue weighted by Gasteiger charge is -2.29. The van der Waals surface area contributed by atoms with E-state index in [1.807, 2.05) is 13.8 Å². The van der Waals surface area contributed by atoms with Gasteiger partial charge in [-0.25, -0.2) is 4.39 Å². The van der Waals surface area contributed by atoms with E-state index >= 15 is 0 Å². The van der Waals surface area contributed by atoms with E-state index in [2.05, 4.69) is 0 Å². The van der Waals surface area contributed by atoms with E-state index in [0.29, 0.717) is 35.9 Å². The Morgan fingerprint density at radius 2 is 1.89 bits per heavy atom. The van der Waals surface area contributed by atoms with E-state index in [1.54, 1.807) is 41.3 Å². The van der Waals surface area contributed by atoms with Crippen LogP contribution in [0.3, 0.4) is 0 Å². The van der Waals surface area contributed by atoms with Gasteiger partial charge in [-0.2, -0.15) is 0 Å². The van der Waals surface area contributed by atoms with E-state index in [1.165, 1.54) is 23.1 Å². The van der Waals surface area contributed by atoms with Crippen molar-refractivity contribution in [3.8, 4) is 11.5 Å². The van der Waals surface area contributed by atoms with Gasteiger partial charge in [-0.15, -0.1) is 0 Å². The zero-order valence-corrected chi connectivity index (χ0v) is 19.5. The van der Waals surface area contributed by atoms with Crippen molar-refractivity contribution in [2.24, 2.45) is 0 Å². The van der Waals surface area contributed by atoms with Crippen molar-refractivity contribution < 1.29 is 32.7 Å². The highest BCUT2D eigenvalue weighted by atomic mass is 19.1. The van der Waals surface area contributed by atoms with Gasteiger partial charge in [0.2, 0.25) is 0 Å². The van der Waals surface area contributed by atoms with Gasteiger partial charge >= 0.3 is 0 Å². The van der Waals surface area contributed by atoms with Crippen LogP contribution in [0.2, 0.25) is 0 Å². The molecule has 0 bridgehead atoms. The summed E-state index contributed by atoms with van der Waals surface area (Å²) in [7, 11) is 0. The molecule has 0 unspecified atom stereocenters. The molecule has 182 valence electrons. The molecule has 0 fully saturated rings. The topological polar surface area (TPSA) is 89.3 Å². The summed E-state index contributed by atoms with van der Waals surface area (Å²) in [5.74, 6) is -0.0410. The second kappa shape index (κ2) is 10.4. The fraction of sp³-hybridized carbons (Fsp3) is 0.269. The quantitative estimate of drug-likeness (QED) is 0.429. The first-order valence-corrected chi connectivity index (χ1v) is 11.3. The molecule has 8 nitrogen and oxygen atoms in total. The Morgan fingerprint density at radius 3 is 2.63 bits per heavy atom. The molecule has 2 amide bonds. The Kier molecular flexibility index (Phi) is 7.14. The number of hydrogen-bond acceptors (Lipinski definition) is 6. The van der Waals surface area contributed by atoms with E-state index in [4.69, 9.17) is 13.9 Å². The summed E-state index contributed by atoms with van der Waals surface area (Å²) >= 11 is 0. The number of amides is 2. The minimum atomic E-state index is -0.463. The second-order valence-corrected chi connectivity index (χ2v) is 7.86. The van der Waals surface area contributed by atoms with Crippen molar-refractivity contribution >= 4 is 23.3 Å². The molecule has 0 atom stereocenters. The van der Waals surface area contributed by atoms with Gasteiger partial charge in [-0.3, -0.25) is 19.3 Å². The number of furan rings is 1. The predicted molar refractivity (Wildman–Crippen MR) is 125 cm³/mol. The lowest BCUT2D eigenvalue weighted by molar-refractivity contribution is -0.121. The van der Waals surface area contributed by atoms with Gasteiger partial charge in [-0.1, -0.05) is 6.07 Å². The molecule has 4 rings (SSSR count). The van der Waals surface area contributed by atoms with Crippen molar-refractivity contribution in [2.45, 2.75) is 20.4 Å². The highest BCUT2D eigenvalue weighted by molar-refractivity contribution is 6.02. The van der Waals surface area contributed by atoms with Crippen molar-refractivity contribution in [3.63, 3.8) is 0 Å².